The van der Waals surface area contributed by atoms with E-state index in [2.05, 4.69) is 4.72 Å². The van der Waals surface area contributed by atoms with Crippen LogP contribution in [0.1, 0.15) is 18.4 Å². The highest BCUT2D eigenvalue weighted by Gasteiger charge is 2.38. The number of amides is 1. The van der Waals surface area contributed by atoms with E-state index < -0.39 is 21.9 Å². The predicted molar refractivity (Wildman–Crippen MR) is 131 cm³/mol. The van der Waals surface area contributed by atoms with Gasteiger partial charge in [-0.1, -0.05) is 29.8 Å². The van der Waals surface area contributed by atoms with Gasteiger partial charge in [0.1, 0.15) is 11.5 Å². The van der Waals surface area contributed by atoms with Gasteiger partial charge < -0.3 is 9.15 Å². The van der Waals surface area contributed by atoms with Crippen molar-refractivity contribution in [2.75, 3.05) is 12.0 Å². The van der Waals surface area contributed by atoms with Crippen LogP contribution in [0.15, 0.2) is 92.9 Å². The van der Waals surface area contributed by atoms with Gasteiger partial charge in [-0.25, -0.2) is 17.9 Å². The van der Waals surface area contributed by atoms with Crippen LogP contribution in [0.5, 0.6) is 0 Å². The molecule has 1 aliphatic heterocycles. The molecule has 0 fully saturated rings. The molecule has 0 bridgehead atoms. The van der Waals surface area contributed by atoms with Gasteiger partial charge in [0.25, 0.3) is 5.91 Å². The average molecular weight is 513 g/mol. The molecule has 0 saturated heterocycles. The Hall–Kier alpha value is -3.66. The Labute approximate surface area is 207 Å². The second-order valence-electron chi connectivity index (χ2n) is 7.57. The van der Waals surface area contributed by atoms with Crippen molar-refractivity contribution in [3.63, 3.8) is 0 Å². The van der Waals surface area contributed by atoms with E-state index in [0.717, 1.165) is 0 Å². The van der Waals surface area contributed by atoms with Gasteiger partial charge in [-0.2, -0.15) is 0 Å². The summed E-state index contributed by atoms with van der Waals surface area (Å²) < 4.78 is 38.0. The number of hydrogen-bond acceptors (Lipinski definition) is 6. The van der Waals surface area contributed by atoms with Crippen LogP contribution in [-0.2, 0) is 30.9 Å². The lowest BCUT2D eigenvalue weighted by molar-refractivity contribution is -0.136. The van der Waals surface area contributed by atoms with E-state index in [1.807, 2.05) is 0 Å². The fourth-order valence-electron chi connectivity index (χ4n) is 3.64. The molecule has 1 amide bonds. The van der Waals surface area contributed by atoms with Crippen LogP contribution in [0, 0.1) is 0 Å². The van der Waals surface area contributed by atoms with Crippen molar-refractivity contribution in [1.82, 2.24) is 4.72 Å². The van der Waals surface area contributed by atoms with Crippen molar-refractivity contribution in [3.8, 4) is 0 Å². The van der Waals surface area contributed by atoms with Crippen LogP contribution < -0.4 is 9.62 Å². The first kappa shape index (κ1) is 24.5. The van der Waals surface area contributed by atoms with Crippen LogP contribution in [0.4, 0.5) is 5.69 Å². The fourth-order valence-corrected chi connectivity index (χ4v) is 4.78. The molecule has 35 heavy (non-hydrogen) atoms. The Morgan fingerprint density at radius 1 is 1.09 bits per heavy atom. The molecule has 1 aromatic heterocycles. The molecule has 180 valence electrons. The molecule has 0 radical (unpaired) electrons. The molecular formula is C25H21ClN2O6S. The normalized spacial score (nSPS) is 15.2. The smallest absolute Gasteiger partial charge is 0.340 e. The second-order valence-corrected chi connectivity index (χ2v) is 9.77. The van der Waals surface area contributed by atoms with Crippen LogP contribution in [0.2, 0.25) is 5.02 Å². The number of carbonyl (C=O) groups excluding carboxylic acids is 2. The van der Waals surface area contributed by atoms with Crippen molar-refractivity contribution in [2.24, 2.45) is 0 Å². The number of nitrogens with zero attached hydrogens (tertiary/aromatic N) is 1. The Balaban J connectivity index is 1.60. The molecule has 0 unspecified atom stereocenters. The minimum Gasteiger partial charge on any atom is -0.465 e. The molecule has 1 N–H and O–H groups in total. The zero-order valence-electron chi connectivity index (χ0n) is 18.8. The van der Waals surface area contributed by atoms with Gasteiger partial charge in [-0.3, -0.25) is 9.69 Å². The molecule has 0 saturated carbocycles. The minimum absolute atomic E-state index is 0.0927. The van der Waals surface area contributed by atoms with Crippen molar-refractivity contribution in [1.29, 1.82) is 0 Å². The molecule has 3 aromatic rings. The van der Waals surface area contributed by atoms with Gasteiger partial charge in [-0.15, -0.1) is 0 Å². The van der Waals surface area contributed by atoms with Gasteiger partial charge in [0.05, 0.1) is 29.7 Å². The summed E-state index contributed by atoms with van der Waals surface area (Å²) in [4.78, 5) is 27.4. The molecule has 10 heteroatoms. The number of hydrogen-bond donors (Lipinski definition) is 1. The van der Waals surface area contributed by atoms with Crippen LogP contribution in [0.25, 0.3) is 6.08 Å². The number of sulfonamides is 1. The van der Waals surface area contributed by atoms with E-state index in [-0.39, 0.29) is 28.3 Å². The van der Waals surface area contributed by atoms with Gasteiger partial charge in [0.2, 0.25) is 10.0 Å². The molecular weight excluding hydrogens is 492 g/mol. The van der Waals surface area contributed by atoms with Gasteiger partial charge >= 0.3 is 5.97 Å². The molecule has 8 nitrogen and oxygen atoms in total. The number of methoxy groups -OCH3 is 1. The second kappa shape index (κ2) is 9.91. The first-order chi connectivity index (χ1) is 16.7. The van der Waals surface area contributed by atoms with Crippen LogP contribution in [0.3, 0.4) is 0 Å². The van der Waals surface area contributed by atoms with Gasteiger partial charge in [-0.05, 0) is 61.5 Å². The number of halogens is 1. The van der Waals surface area contributed by atoms with Crippen molar-refractivity contribution in [3.05, 3.63) is 100 Å². The Morgan fingerprint density at radius 3 is 2.43 bits per heavy atom. The number of rotatable bonds is 7. The maximum atomic E-state index is 13.3. The first-order valence-corrected chi connectivity index (χ1v) is 12.3. The van der Waals surface area contributed by atoms with E-state index in [0.29, 0.717) is 22.2 Å². The third-order valence-corrected chi connectivity index (χ3v) is 7.00. The predicted octanol–water partition coefficient (Wildman–Crippen LogP) is 4.29. The average Bonchev–Trinajstić information content (AvgIpc) is 3.40. The highest BCUT2D eigenvalue weighted by Crippen LogP contribution is 2.36. The van der Waals surface area contributed by atoms with E-state index >= 15 is 0 Å². The lowest BCUT2D eigenvalue weighted by atomic mass is 10.1. The summed E-state index contributed by atoms with van der Waals surface area (Å²) in [6.07, 6.45) is 1.43. The largest absolute Gasteiger partial charge is 0.465 e. The summed E-state index contributed by atoms with van der Waals surface area (Å²) >= 11 is 5.96. The number of esters is 1. The topological polar surface area (TPSA) is 106 Å². The Morgan fingerprint density at radius 2 is 1.77 bits per heavy atom. The maximum Gasteiger partial charge on any atom is 0.340 e. The maximum absolute atomic E-state index is 13.3. The number of furan rings is 1. The van der Waals surface area contributed by atoms with Crippen LogP contribution in [-0.4, -0.2) is 27.4 Å². The van der Waals surface area contributed by atoms with E-state index in [1.165, 1.54) is 30.2 Å². The van der Waals surface area contributed by atoms with Crippen molar-refractivity contribution < 1.29 is 27.2 Å². The summed E-state index contributed by atoms with van der Waals surface area (Å²) in [6, 6.07) is 17.8. The number of allylic oxidation sites excluding steroid dienone is 1. The highest BCUT2D eigenvalue weighted by molar-refractivity contribution is 7.89. The molecule has 2 aromatic carbocycles. The SMILES string of the molecule is COC(=O)C1=C(C)N(c2ccc(Cl)cc2)C(=O)/C1=C\c1ccc(CNS(=O)(=O)c2ccccc2)o1. The summed E-state index contributed by atoms with van der Waals surface area (Å²) in [6.45, 7) is 1.55. The van der Waals surface area contributed by atoms with Gasteiger partial charge in [0.15, 0.2) is 0 Å². The van der Waals surface area contributed by atoms with Crippen molar-refractivity contribution >= 4 is 45.3 Å². The number of anilines is 1. The van der Waals surface area contributed by atoms with E-state index in [1.54, 1.807) is 61.5 Å². The third-order valence-electron chi connectivity index (χ3n) is 5.33. The minimum atomic E-state index is -3.72. The summed E-state index contributed by atoms with van der Waals surface area (Å²) in [5.41, 5.74) is 1.14. The number of benzene rings is 2. The lowest BCUT2D eigenvalue weighted by Gasteiger charge is -2.17. The zero-order valence-corrected chi connectivity index (χ0v) is 20.4. The Kier molecular flexibility index (Phi) is 6.93. The van der Waals surface area contributed by atoms with E-state index in [4.69, 9.17) is 20.8 Å². The summed E-state index contributed by atoms with van der Waals surface area (Å²) in [5.74, 6) is -0.500. The lowest BCUT2D eigenvalue weighted by Crippen LogP contribution is -2.24. The third kappa shape index (κ3) is 5.07. The summed E-state index contributed by atoms with van der Waals surface area (Å²) in [7, 11) is -2.48. The van der Waals surface area contributed by atoms with E-state index in [9.17, 15) is 18.0 Å². The summed E-state index contributed by atoms with van der Waals surface area (Å²) in [5, 5.41) is 0.511. The molecule has 2 heterocycles. The number of carbonyl (C=O) groups is 2. The monoisotopic (exact) mass is 512 g/mol. The first-order valence-electron chi connectivity index (χ1n) is 10.5. The molecule has 0 spiro atoms. The quantitative estimate of drug-likeness (QED) is 0.374. The molecule has 1 aliphatic rings. The highest BCUT2D eigenvalue weighted by atomic mass is 35.5. The van der Waals surface area contributed by atoms with Crippen molar-refractivity contribution in [2.45, 2.75) is 18.4 Å². The molecule has 4 rings (SSSR count). The molecule has 0 atom stereocenters. The van der Waals surface area contributed by atoms with Crippen LogP contribution >= 0.6 is 11.6 Å². The molecule has 0 aliphatic carbocycles. The number of nitrogens with one attached hydrogen (secondary N) is 1. The van der Waals surface area contributed by atoms with Gasteiger partial charge in [0, 0.05) is 16.4 Å². The fraction of sp³-hybridized carbons (Fsp3) is 0.120. The Bertz CT molecular complexity index is 1440. The number of ether oxygens (including phenoxy) is 1. The zero-order chi connectivity index (χ0) is 25.2. The standard InChI is InChI=1S/C25H21ClN2O6S/c1-16-23(25(30)33-2)22(24(29)28(16)18-10-8-17(26)9-11-18)14-19-12-13-20(34-19)15-27-35(31,32)21-6-4-3-5-7-21/h3-14,27H,15H2,1-2H3/b22-14-.